The van der Waals surface area contributed by atoms with Gasteiger partial charge in [0.1, 0.15) is 0 Å². The number of rotatable bonds is 3. The lowest BCUT2D eigenvalue weighted by atomic mass is 10.1. The van der Waals surface area contributed by atoms with Crippen LogP contribution in [0.5, 0.6) is 0 Å². The van der Waals surface area contributed by atoms with Gasteiger partial charge in [-0.1, -0.05) is 29.8 Å². The molecule has 0 aliphatic rings. The molecule has 0 fully saturated rings. The van der Waals surface area contributed by atoms with E-state index in [-0.39, 0.29) is 11.1 Å². The molecule has 0 heterocycles. The highest BCUT2D eigenvalue weighted by Gasteiger charge is 2.16. The van der Waals surface area contributed by atoms with Crippen LogP contribution >= 0.6 is 27.5 Å². The summed E-state index contributed by atoms with van der Waals surface area (Å²) in [6.07, 6.45) is 0. The number of nitrogens with one attached hydrogen (secondary N) is 1. The number of carbonyl (C=O) groups excluding carboxylic acids is 1. The Morgan fingerprint density at radius 3 is 2.35 bits per heavy atom. The highest BCUT2D eigenvalue weighted by atomic mass is 79.9. The van der Waals surface area contributed by atoms with Crippen molar-refractivity contribution in [3.63, 3.8) is 0 Å². The van der Waals surface area contributed by atoms with Crippen LogP contribution in [0.2, 0.25) is 5.02 Å². The van der Waals surface area contributed by atoms with Crippen molar-refractivity contribution in [2.45, 2.75) is 0 Å². The number of aromatic carboxylic acids is 1. The molecule has 0 atom stereocenters. The van der Waals surface area contributed by atoms with Gasteiger partial charge in [0.05, 0.1) is 26.3 Å². The molecule has 2 aromatic rings. The van der Waals surface area contributed by atoms with Crippen LogP contribution in [0.25, 0.3) is 0 Å². The van der Waals surface area contributed by atoms with Gasteiger partial charge >= 0.3 is 5.97 Å². The maximum absolute atomic E-state index is 12.2. The first-order chi connectivity index (χ1) is 9.50. The lowest BCUT2D eigenvalue weighted by Gasteiger charge is -2.10. The molecule has 6 heteroatoms. The average molecular weight is 355 g/mol. The minimum atomic E-state index is -1.15. The Hall–Kier alpha value is -1.85. The van der Waals surface area contributed by atoms with Crippen molar-refractivity contribution in [2.75, 3.05) is 5.32 Å². The van der Waals surface area contributed by atoms with E-state index in [0.717, 1.165) is 0 Å². The van der Waals surface area contributed by atoms with Gasteiger partial charge in [-0.15, -0.1) is 0 Å². The maximum atomic E-state index is 12.2. The van der Waals surface area contributed by atoms with E-state index in [4.69, 9.17) is 16.7 Å². The van der Waals surface area contributed by atoms with Crippen molar-refractivity contribution >= 4 is 45.1 Å². The second kappa shape index (κ2) is 6.07. The number of benzene rings is 2. The average Bonchev–Trinajstić information content (AvgIpc) is 2.43. The van der Waals surface area contributed by atoms with Gasteiger partial charge in [0.25, 0.3) is 5.91 Å². The SMILES string of the molecule is O=C(O)c1ccccc1C(=O)Nc1cccc(Cl)c1Br. The Kier molecular flexibility index (Phi) is 4.42. The van der Waals surface area contributed by atoms with Crippen LogP contribution in [0.4, 0.5) is 5.69 Å². The molecule has 2 rings (SSSR count). The molecule has 0 aromatic heterocycles. The third-order valence-electron chi connectivity index (χ3n) is 2.60. The number of hydrogen-bond acceptors (Lipinski definition) is 2. The third kappa shape index (κ3) is 3.00. The monoisotopic (exact) mass is 353 g/mol. The van der Waals surface area contributed by atoms with Gasteiger partial charge < -0.3 is 10.4 Å². The fourth-order valence-corrected chi connectivity index (χ4v) is 2.20. The summed E-state index contributed by atoms with van der Waals surface area (Å²) in [6, 6.07) is 11.0. The second-order valence-electron chi connectivity index (χ2n) is 3.91. The summed E-state index contributed by atoms with van der Waals surface area (Å²) < 4.78 is 0.544. The summed E-state index contributed by atoms with van der Waals surface area (Å²) >= 11 is 9.20. The van der Waals surface area contributed by atoms with Gasteiger partial charge in [-0.05, 0) is 40.2 Å². The minimum Gasteiger partial charge on any atom is -0.478 e. The number of anilines is 1. The quantitative estimate of drug-likeness (QED) is 0.874. The summed E-state index contributed by atoms with van der Waals surface area (Å²) in [5.41, 5.74) is 0.512. The molecule has 0 saturated carbocycles. The van der Waals surface area contributed by atoms with Gasteiger partial charge in [0.2, 0.25) is 0 Å². The lowest BCUT2D eigenvalue weighted by molar-refractivity contribution is 0.0692. The molecule has 0 bridgehead atoms. The van der Waals surface area contributed by atoms with Crippen LogP contribution in [0.3, 0.4) is 0 Å². The van der Waals surface area contributed by atoms with Crippen molar-refractivity contribution in [3.05, 3.63) is 63.1 Å². The molecule has 102 valence electrons. The van der Waals surface area contributed by atoms with E-state index in [1.807, 2.05) is 0 Å². The smallest absolute Gasteiger partial charge is 0.336 e. The van der Waals surface area contributed by atoms with Gasteiger partial charge in [0.15, 0.2) is 0 Å². The Morgan fingerprint density at radius 1 is 1.05 bits per heavy atom. The van der Waals surface area contributed by atoms with Crippen LogP contribution in [0.1, 0.15) is 20.7 Å². The number of carboxylic acids is 1. The van der Waals surface area contributed by atoms with E-state index in [1.54, 1.807) is 30.3 Å². The summed E-state index contributed by atoms with van der Waals surface area (Å²) in [4.78, 5) is 23.3. The zero-order valence-electron chi connectivity index (χ0n) is 10.1. The molecule has 2 aromatic carbocycles. The number of carbonyl (C=O) groups is 2. The zero-order valence-corrected chi connectivity index (χ0v) is 12.4. The van der Waals surface area contributed by atoms with E-state index >= 15 is 0 Å². The number of hydrogen-bond donors (Lipinski definition) is 2. The molecule has 0 unspecified atom stereocenters. The van der Waals surface area contributed by atoms with Crippen molar-refractivity contribution in [2.24, 2.45) is 0 Å². The standard InChI is InChI=1S/C14H9BrClNO3/c15-12-10(16)6-3-7-11(12)17-13(18)8-4-1-2-5-9(8)14(19)20/h1-7H,(H,17,18)(H,19,20). The lowest BCUT2D eigenvalue weighted by Crippen LogP contribution is -2.16. The Morgan fingerprint density at radius 2 is 1.70 bits per heavy atom. The summed E-state index contributed by atoms with van der Waals surface area (Å²) in [7, 11) is 0. The Bertz CT molecular complexity index is 688. The van der Waals surface area contributed by atoms with Gasteiger partial charge in [-0.2, -0.15) is 0 Å². The molecule has 0 spiro atoms. The number of carboxylic acid groups (broad SMARTS) is 1. The Labute approximate surface area is 128 Å². The maximum Gasteiger partial charge on any atom is 0.336 e. The van der Waals surface area contributed by atoms with Crippen molar-refractivity contribution in [1.29, 1.82) is 0 Å². The van der Waals surface area contributed by atoms with Gasteiger partial charge in [0, 0.05) is 0 Å². The molecule has 20 heavy (non-hydrogen) atoms. The fraction of sp³-hybridized carbons (Fsp3) is 0. The molecular formula is C14H9BrClNO3. The third-order valence-corrected chi connectivity index (χ3v) is 4.00. The second-order valence-corrected chi connectivity index (χ2v) is 5.11. The minimum absolute atomic E-state index is 0.0526. The summed E-state index contributed by atoms with van der Waals surface area (Å²) in [5, 5.41) is 12.2. The molecule has 0 aliphatic carbocycles. The van der Waals surface area contributed by atoms with E-state index in [0.29, 0.717) is 15.2 Å². The first-order valence-corrected chi connectivity index (χ1v) is 6.75. The highest BCUT2D eigenvalue weighted by Crippen LogP contribution is 2.30. The summed E-state index contributed by atoms with van der Waals surface area (Å²) in [5.74, 6) is -1.66. The van der Waals surface area contributed by atoms with Crippen molar-refractivity contribution in [3.8, 4) is 0 Å². The van der Waals surface area contributed by atoms with Crippen LogP contribution < -0.4 is 5.32 Å². The predicted molar refractivity (Wildman–Crippen MR) is 80.5 cm³/mol. The molecule has 0 saturated heterocycles. The molecular weight excluding hydrogens is 346 g/mol. The largest absolute Gasteiger partial charge is 0.478 e. The van der Waals surface area contributed by atoms with Crippen LogP contribution in [-0.2, 0) is 0 Å². The molecule has 1 amide bonds. The van der Waals surface area contributed by atoms with E-state index in [9.17, 15) is 9.59 Å². The van der Waals surface area contributed by atoms with Crippen LogP contribution in [0.15, 0.2) is 46.9 Å². The normalized spacial score (nSPS) is 10.1. The molecule has 0 radical (unpaired) electrons. The number of amides is 1. The Balaban J connectivity index is 2.34. The first-order valence-electron chi connectivity index (χ1n) is 5.58. The fourth-order valence-electron chi connectivity index (χ4n) is 1.66. The summed E-state index contributed by atoms with van der Waals surface area (Å²) in [6.45, 7) is 0. The van der Waals surface area contributed by atoms with Crippen molar-refractivity contribution in [1.82, 2.24) is 0 Å². The van der Waals surface area contributed by atoms with E-state index in [2.05, 4.69) is 21.2 Å². The highest BCUT2D eigenvalue weighted by molar-refractivity contribution is 9.10. The van der Waals surface area contributed by atoms with Gasteiger partial charge in [-0.3, -0.25) is 4.79 Å². The molecule has 0 aliphatic heterocycles. The van der Waals surface area contributed by atoms with Crippen LogP contribution in [0, 0.1) is 0 Å². The molecule has 4 nitrogen and oxygen atoms in total. The topological polar surface area (TPSA) is 66.4 Å². The molecule has 2 N–H and O–H groups in total. The van der Waals surface area contributed by atoms with Gasteiger partial charge in [-0.25, -0.2) is 4.79 Å². The predicted octanol–water partition coefficient (Wildman–Crippen LogP) is 4.05. The van der Waals surface area contributed by atoms with Crippen LogP contribution in [-0.4, -0.2) is 17.0 Å². The zero-order chi connectivity index (χ0) is 14.7. The van der Waals surface area contributed by atoms with E-state index in [1.165, 1.54) is 12.1 Å². The van der Waals surface area contributed by atoms with Crippen molar-refractivity contribution < 1.29 is 14.7 Å². The first kappa shape index (κ1) is 14.6. The van der Waals surface area contributed by atoms with E-state index < -0.39 is 11.9 Å². The number of halogens is 2.